The molecule has 1 heterocycles. The van der Waals surface area contributed by atoms with Gasteiger partial charge in [-0.15, -0.1) is 0 Å². The quantitative estimate of drug-likeness (QED) is 0.817. The minimum Gasteiger partial charge on any atom is -0.482 e. The molecular formula is C13H10Br2N2O2. The molecule has 1 aromatic carbocycles. The lowest BCUT2D eigenvalue weighted by Gasteiger charge is -2.08. The molecule has 0 saturated heterocycles. The van der Waals surface area contributed by atoms with Crippen molar-refractivity contribution in [2.24, 2.45) is 0 Å². The van der Waals surface area contributed by atoms with Crippen LogP contribution in [0.15, 0.2) is 51.7 Å². The van der Waals surface area contributed by atoms with E-state index in [4.69, 9.17) is 4.74 Å². The maximum atomic E-state index is 11.7. The van der Waals surface area contributed by atoms with Crippen LogP contribution in [0.5, 0.6) is 5.75 Å². The second kappa shape index (κ2) is 6.68. The minimum atomic E-state index is -0.227. The van der Waals surface area contributed by atoms with E-state index in [1.807, 2.05) is 24.3 Å². The van der Waals surface area contributed by atoms with Crippen LogP contribution >= 0.6 is 31.9 Å². The largest absolute Gasteiger partial charge is 0.482 e. The van der Waals surface area contributed by atoms with Crippen LogP contribution < -0.4 is 10.1 Å². The molecule has 0 atom stereocenters. The number of nitrogens with zero attached hydrogens (tertiary/aromatic N) is 1. The van der Waals surface area contributed by atoms with Crippen molar-refractivity contribution in [3.05, 3.63) is 51.7 Å². The molecule has 0 spiro atoms. The van der Waals surface area contributed by atoms with Crippen molar-refractivity contribution < 1.29 is 9.53 Å². The van der Waals surface area contributed by atoms with Gasteiger partial charge in [-0.1, -0.05) is 12.1 Å². The molecular weight excluding hydrogens is 376 g/mol. The van der Waals surface area contributed by atoms with Gasteiger partial charge in [-0.2, -0.15) is 0 Å². The van der Waals surface area contributed by atoms with E-state index in [1.54, 1.807) is 18.3 Å². The number of nitrogens with one attached hydrogen (secondary N) is 1. The second-order valence-corrected chi connectivity index (χ2v) is 5.30. The number of rotatable bonds is 4. The fourth-order valence-corrected chi connectivity index (χ4v) is 1.96. The van der Waals surface area contributed by atoms with Gasteiger partial charge in [-0.25, -0.2) is 4.98 Å². The van der Waals surface area contributed by atoms with Crippen molar-refractivity contribution in [2.75, 3.05) is 11.9 Å². The van der Waals surface area contributed by atoms with E-state index in [9.17, 15) is 4.79 Å². The maximum absolute atomic E-state index is 11.7. The molecule has 0 bridgehead atoms. The van der Waals surface area contributed by atoms with Gasteiger partial charge in [0.25, 0.3) is 5.91 Å². The maximum Gasteiger partial charge on any atom is 0.262 e. The standard InChI is InChI=1S/C13H10Br2N2O2/c14-10-3-1-2-4-11(10)17-13(18)8-19-9-5-6-12(15)16-7-9/h1-7H,8H2,(H,17,18). The third-order valence-electron chi connectivity index (χ3n) is 2.22. The zero-order chi connectivity index (χ0) is 13.7. The molecule has 2 rings (SSSR count). The van der Waals surface area contributed by atoms with Crippen molar-refractivity contribution >= 4 is 43.5 Å². The van der Waals surface area contributed by atoms with Crippen LogP contribution in [0.25, 0.3) is 0 Å². The Hall–Kier alpha value is -1.40. The van der Waals surface area contributed by atoms with Crippen LogP contribution in [0, 0.1) is 0 Å². The Morgan fingerprint density at radius 1 is 1.21 bits per heavy atom. The van der Waals surface area contributed by atoms with Gasteiger partial charge in [0.05, 0.1) is 11.9 Å². The van der Waals surface area contributed by atoms with E-state index in [0.29, 0.717) is 11.4 Å². The van der Waals surface area contributed by atoms with E-state index in [1.165, 1.54) is 0 Å². The van der Waals surface area contributed by atoms with Gasteiger partial charge in [0.1, 0.15) is 10.4 Å². The zero-order valence-corrected chi connectivity index (χ0v) is 12.9. The predicted molar refractivity (Wildman–Crippen MR) is 80.2 cm³/mol. The number of carbonyl (C=O) groups excluding carboxylic acids is 1. The highest BCUT2D eigenvalue weighted by molar-refractivity contribution is 9.10. The fourth-order valence-electron chi connectivity index (χ4n) is 1.35. The van der Waals surface area contributed by atoms with E-state index in [2.05, 4.69) is 42.2 Å². The monoisotopic (exact) mass is 384 g/mol. The van der Waals surface area contributed by atoms with Crippen molar-refractivity contribution in [2.45, 2.75) is 0 Å². The van der Waals surface area contributed by atoms with E-state index >= 15 is 0 Å². The summed E-state index contributed by atoms with van der Waals surface area (Å²) in [5.74, 6) is 0.320. The average Bonchev–Trinajstić information content (AvgIpc) is 2.41. The summed E-state index contributed by atoms with van der Waals surface area (Å²) in [5.41, 5.74) is 0.713. The lowest BCUT2D eigenvalue weighted by atomic mass is 10.3. The Morgan fingerprint density at radius 3 is 2.68 bits per heavy atom. The van der Waals surface area contributed by atoms with Gasteiger partial charge in [0.2, 0.25) is 0 Å². The average molecular weight is 386 g/mol. The van der Waals surface area contributed by atoms with Crippen LogP contribution in [0.4, 0.5) is 5.69 Å². The third-order valence-corrected chi connectivity index (χ3v) is 3.38. The van der Waals surface area contributed by atoms with Crippen molar-refractivity contribution in [1.82, 2.24) is 4.98 Å². The smallest absolute Gasteiger partial charge is 0.262 e. The van der Waals surface area contributed by atoms with Crippen molar-refractivity contribution in [3.63, 3.8) is 0 Å². The number of hydrogen-bond donors (Lipinski definition) is 1. The molecule has 0 unspecified atom stereocenters. The van der Waals surface area contributed by atoms with E-state index in [0.717, 1.165) is 9.08 Å². The predicted octanol–water partition coefficient (Wildman–Crippen LogP) is 3.62. The number of carbonyl (C=O) groups is 1. The second-order valence-electron chi connectivity index (χ2n) is 3.63. The number of halogens is 2. The molecule has 19 heavy (non-hydrogen) atoms. The number of benzene rings is 1. The van der Waals surface area contributed by atoms with Crippen LogP contribution in [0.3, 0.4) is 0 Å². The lowest BCUT2D eigenvalue weighted by molar-refractivity contribution is -0.118. The number of pyridine rings is 1. The molecule has 1 N–H and O–H groups in total. The number of amides is 1. The summed E-state index contributed by atoms with van der Waals surface area (Å²) in [5, 5.41) is 2.75. The lowest BCUT2D eigenvalue weighted by Crippen LogP contribution is -2.20. The van der Waals surface area contributed by atoms with Crippen LogP contribution in [0.2, 0.25) is 0 Å². The summed E-state index contributed by atoms with van der Waals surface area (Å²) < 4.78 is 6.87. The van der Waals surface area contributed by atoms with Gasteiger partial charge in [0, 0.05) is 4.47 Å². The first kappa shape index (κ1) is 14.0. The third kappa shape index (κ3) is 4.33. The van der Waals surface area contributed by atoms with Gasteiger partial charge in [0.15, 0.2) is 6.61 Å². The molecule has 2 aromatic rings. The Balaban J connectivity index is 1.88. The molecule has 1 aromatic heterocycles. The van der Waals surface area contributed by atoms with E-state index in [-0.39, 0.29) is 12.5 Å². The van der Waals surface area contributed by atoms with Crippen molar-refractivity contribution in [1.29, 1.82) is 0 Å². The Labute approximate surface area is 127 Å². The Kier molecular flexibility index (Phi) is 4.93. The fraction of sp³-hybridized carbons (Fsp3) is 0.0769. The van der Waals surface area contributed by atoms with Crippen LogP contribution in [0.1, 0.15) is 0 Å². The highest BCUT2D eigenvalue weighted by Crippen LogP contribution is 2.21. The summed E-state index contributed by atoms with van der Waals surface area (Å²) in [7, 11) is 0. The molecule has 0 saturated carbocycles. The SMILES string of the molecule is O=C(COc1ccc(Br)nc1)Nc1ccccc1Br. The Bertz CT molecular complexity index is 573. The molecule has 0 aliphatic heterocycles. The topological polar surface area (TPSA) is 51.2 Å². The highest BCUT2D eigenvalue weighted by Gasteiger charge is 2.06. The van der Waals surface area contributed by atoms with E-state index < -0.39 is 0 Å². The summed E-state index contributed by atoms with van der Waals surface area (Å²) in [4.78, 5) is 15.7. The highest BCUT2D eigenvalue weighted by atomic mass is 79.9. The first-order valence-corrected chi connectivity index (χ1v) is 7.02. The first-order chi connectivity index (χ1) is 9.15. The van der Waals surface area contributed by atoms with Crippen LogP contribution in [-0.4, -0.2) is 17.5 Å². The Morgan fingerprint density at radius 2 is 2.00 bits per heavy atom. The van der Waals surface area contributed by atoms with Crippen LogP contribution in [-0.2, 0) is 4.79 Å². The molecule has 4 nitrogen and oxygen atoms in total. The van der Waals surface area contributed by atoms with Gasteiger partial charge in [-0.3, -0.25) is 4.79 Å². The summed E-state index contributed by atoms with van der Waals surface area (Å²) in [6, 6.07) is 10.9. The molecule has 1 amide bonds. The summed E-state index contributed by atoms with van der Waals surface area (Å²) in [6.07, 6.45) is 1.55. The normalized spacial score (nSPS) is 10.0. The molecule has 0 fully saturated rings. The molecule has 0 aliphatic carbocycles. The molecule has 0 radical (unpaired) electrons. The number of ether oxygens (including phenoxy) is 1. The van der Waals surface area contributed by atoms with Gasteiger partial charge in [-0.05, 0) is 56.1 Å². The minimum absolute atomic E-state index is 0.0648. The number of hydrogen-bond acceptors (Lipinski definition) is 3. The molecule has 98 valence electrons. The number of para-hydroxylation sites is 1. The molecule has 0 aliphatic rings. The van der Waals surface area contributed by atoms with Gasteiger partial charge >= 0.3 is 0 Å². The first-order valence-electron chi connectivity index (χ1n) is 5.44. The van der Waals surface area contributed by atoms with Gasteiger partial charge < -0.3 is 10.1 Å². The zero-order valence-electron chi connectivity index (χ0n) is 9.77. The van der Waals surface area contributed by atoms with Crippen molar-refractivity contribution in [3.8, 4) is 5.75 Å². The summed E-state index contributed by atoms with van der Waals surface area (Å²) >= 11 is 6.58. The number of aromatic nitrogens is 1. The number of anilines is 1. The molecule has 6 heteroatoms. The summed E-state index contributed by atoms with van der Waals surface area (Å²) in [6.45, 7) is -0.0648.